The van der Waals surface area contributed by atoms with Crippen molar-refractivity contribution in [1.29, 1.82) is 5.26 Å². The lowest BCUT2D eigenvalue weighted by Gasteiger charge is -2.13. The normalized spacial score (nSPS) is 11.0. The van der Waals surface area contributed by atoms with Crippen molar-refractivity contribution < 1.29 is 14.4 Å². The summed E-state index contributed by atoms with van der Waals surface area (Å²) in [5.74, 6) is 0.735. The van der Waals surface area contributed by atoms with Crippen molar-refractivity contribution in [2.45, 2.75) is 6.61 Å². The van der Waals surface area contributed by atoms with Gasteiger partial charge in [-0.2, -0.15) is 5.26 Å². The summed E-state index contributed by atoms with van der Waals surface area (Å²) in [5.41, 5.74) is 2.57. The smallest absolute Gasteiger partial charge is 0.269 e. The highest BCUT2D eigenvalue weighted by Crippen LogP contribution is 2.38. The second kappa shape index (κ2) is 9.98. The molecule has 0 heterocycles. The lowest BCUT2D eigenvalue weighted by molar-refractivity contribution is -0.384. The number of nitro benzene ring substituents is 1. The highest BCUT2D eigenvalue weighted by molar-refractivity contribution is 6.32. The molecule has 0 N–H and O–H groups in total. The van der Waals surface area contributed by atoms with Crippen LogP contribution < -0.4 is 9.47 Å². The fourth-order valence-electron chi connectivity index (χ4n) is 2.81. The van der Waals surface area contributed by atoms with Crippen LogP contribution in [0.3, 0.4) is 0 Å². The molecule has 0 bridgehead atoms. The molecule has 0 unspecified atom stereocenters. The van der Waals surface area contributed by atoms with Crippen LogP contribution >= 0.6 is 23.2 Å². The van der Waals surface area contributed by atoms with Crippen LogP contribution in [0.4, 0.5) is 5.69 Å². The van der Waals surface area contributed by atoms with E-state index in [1.165, 1.54) is 19.2 Å². The van der Waals surface area contributed by atoms with E-state index in [2.05, 4.69) is 6.07 Å². The lowest BCUT2D eigenvalue weighted by Crippen LogP contribution is -1.99. The molecule has 0 amide bonds. The molecule has 156 valence electrons. The van der Waals surface area contributed by atoms with Crippen molar-refractivity contribution in [3.8, 4) is 17.6 Å². The molecule has 3 rings (SSSR count). The average Bonchev–Trinajstić information content (AvgIpc) is 2.77. The van der Waals surface area contributed by atoms with Crippen LogP contribution in [0, 0.1) is 21.4 Å². The number of hydrogen-bond donors (Lipinski definition) is 0. The number of halogens is 2. The topological polar surface area (TPSA) is 85.4 Å². The van der Waals surface area contributed by atoms with Gasteiger partial charge < -0.3 is 9.47 Å². The molecule has 0 aliphatic heterocycles. The first kappa shape index (κ1) is 22.2. The standard InChI is InChI=1S/C23H16Cl2N2O4/c1-30-22-12-16(10-18(13-26)17-4-6-19(24)7-5-17)11-21(25)23(22)31-14-15-2-8-20(9-3-15)27(28)29/h2-12H,14H2,1H3/b18-10+. The van der Waals surface area contributed by atoms with E-state index in [0.29, 0.717) is 32.7 Å². The van der Waals surface area contributed by atoms with Crippen LogP contribution in [0.25, 0.3) is 11.6 Å². The van der Waals surface area contributed by atoms with Crippen LogP contribution in [-0.4, -0.2) is 12.0 Å². The molecular weight excluding hydrogens is 439 g/mol. The van der Waals surface area contributed by atoms with Crippen molar-refractivity contribution >= 4 is 40.5 Å². The number of nitro groups is 1. The van der Waals surface area contributed by atoms with Gasteiger partial charge in [0.15, 0.2) is 11.5 Å². The van der Waals surface area contributed by atoms with Gasteiger partial charge >= 0.3 is 0 Å². The van der Waals surface area contributed by atoms with Gasteiger partial charge in [0.1, 0.15) is 6.61 Å². The number of nitriles is 1. The highest BCUT2D eigenvalue weighted by atomic mass is 35.5. The fourth-order valence-corrected chi connectivity index (χ4v) is 3.21. The summed E-state index contributed by atoms with van der Waals surface area (Å²) < 4.78 is 11.2. The van der Waals surface area contributed by atoms with Crippen molar-refractivity contribution in [3.05, 3.63) is 97.5 Å². The van der Waals surface area contributed by atoms with Gasteiger partial charge in [-0.05, 0) is 59.2 Å². The van der Waals surface area contributed by atoms with Crippen LogP contribution in [-0.2, 0) is 6.61 Å². The maximum Gasteiger partial charge on any atom is 0.269 e. The minimum Gasteiger partial charge on any atom is -0.493 e. The van der Waals surface area contributed by atoms with Crippen LogP contribution in [0.5, 0.6) is 11.5 Å². The summed E-state index contributed by atoms with van der Waals surface area (Å²) in [6, 6.07) is 18.5. The first-order valence-corrected chi connectivity index (χ1v) is 9.78. The van der Waals surface area contributed by atoms with Gasteiger partial charge in [0.05, 0.1) is 28.7 Å². The number of methoxy groups -OCH3 is 1. The van der Waals surface area contributed by atoms with Gasteiger partial charge in [-0.1, -0.05) is 35.3 Å². The molecule has 0 spiro atoms. The highest BCUT2D eigenvalue weighted by Gasteiger charge is 2.13. The van der Waals surface area contributed by atoms with E-state index < -0.39 is 4.92 Å². The summed E-state index contributed by atoms with van der Waals surface area (Å²) in [6.07, 6.45) is 1.69. The molecule has 0 fully saturated rings. The second-order valence-corrected chi connectivity index (χ2v) is 7.27. The van der Waals surface area contributed by atoms with E-state index in [0.717, 1.165) is 11.1 Å². The quantitative estimate of drug-likeness (QED) is 0.174. The maximum absolute atomic E-state index is 10.8. The molecular formula is C23H16Cl2N2O4. The van der Waals surface area contributed by atoms with E-state index in [9.17, 15) is 15.4 Å². The first-order valence-electron chi connectivity index (χ1n) is 9.02. The fraction of sp³-hybridized carbons (Fsp3) is 0.0870. The minimum absolute atomic E-state index is 0.00416. The van der Waals surface area contributed by atoms with E-state index in [4.69, 9.17) is 32.7 Å². The zero-order valence-corrected chi connectivity index (χ0v) is 17.9. The molecule has 3 aromatic rings. The summed E-state index contributed by atoms with van der Waals surface area (Å²) in [5, 5.41) is 21.2. The number of non-ortho nitro benzene ring substituents is 1. The molecule has 3 aromatic carbocycles. The van der Waals surface area contributed by atoms with Gasteiger partial charge in [-0.3, -0.25) is 10.1 Å². The van der Waals surface area contributed by atoms with Crippen LogP contribution in [0.1, 0.15) is 16.7 Å². The zero-order chi connectivity index (χ0) is 22.4. The van der Waals surface area contributed by atoms with Crippen LogP contribution in [0.15, 0.2) is 60.7 Å². The lowest BCUT2D eigenvalue weighted by atomic mass is 10.0. The Morgan fingerprint density at radius 3 is 2.39 bits per heavy atom. The predicted molar refractivity (Wildman–Crippen MR) is 120 cm³/mol. The van der Waals surface area contributed by atoms with Crippen molar-refractivity contribution in [2.75, 3.05) is 7.11 Å². The van der Waals surface area contributed by atoms with Gasteiger partial charge in [0.25, 0.3) is 5.69 Å². The Hall–Kier alpha value is -3.53. The van der Waals surface area contributed by atoms with Crippen molar-refractivity contribution in [2.24, 2.45) is 0 Å². The third-order valence-corrected chi connectivity index (χ3v) is 4.90. The minimum atomic E-state index is -0.462. The number of hydrogen-bond acceptors (Lipinski definition) is 5. The molecule has 0 aliphatic carbocycles. The predicted octanol–water partition coefficient (Wildman–Crippen LogP) is 6.55. The molecule has 8 heteroatoms. The first-order chi connectivity index (χ1) is 14.9. The molecule has 0 aromatic heterocycles. The summed E-state index contributed by atoms with van der Waals surface area (Å²) in [6.45, 7) is 0.150. The SMILES string of the molecule is COc1cc(/C=C(\C#N)c2ccc(Cl)cc2)cc(Cl)c1OCc1ccc([N+](=O)[O-])cc1. The number of benzene rings is 3. The third kappa shape index (κ3) is 5.54. The molecule has 0 radical (unpaired) electrons. The molecule has 0 atom stereocenters. The summed E-state index contributed by atoms with van der Waals surface area (Å²) >= 11 is 12.3. The number of allylic oxidation sites excluding steroid dienone is 1. The Balaban J connectivity index is 1.84. The van der Waals surface area contributed by atoms with E-state index in [-0.39, 0.29) is 12.3 Å². The zero-order valence-electron chi connectivity index (χ0n) is 16.3. The molecule has 0 aliphatic rings. The Bertz CT molecular complexity index is 1170. The average molecular weight is 455 g/mol. The molecule has 31 heavy (non-hydrogen) atoms. The number of rotatable bonds is 7. The van der Waals surface area contributed by atoms with Crippen molar-refractivity contribution in [3.63, 3.8) is 0 Å². The van der Waals surface area contributed by atoms with Gasteiger partial charge in [0.2, 0.25) is 0 Å². The molecule has 6 nitrogen and oxygen atoms in total. The Labute approximate surface area is 189 Å². The van der Waals surface area contributed by atoms with E-state index in [1.807, 2.05) is 0 Å². The van der Waals surface area contributed by atoms with Crippen LogP contribution in [0.2, 0.25) is 10.0 Å². The Kier molecular flexibility index (Phi) is 7.14. The number of ether oxygens (including phenoxy) is 2. The third-order valence-electron chi connectivity index (χ3n) is 4.37. The Morgan fingerprint density at radius 2 is 1.81 bits per heavy atom. The summed E-state index contributed by atoms with van der Waals surface area (Å²) in [7, 11) is 1.49. The van der Waals surface area contributed by atoms with E-state index in [1.54, 1.807) is 54.6 Å². The van der Waals surface area contributed by atoms with E-state index >= 15 is 0 Å². The van der Waals surface area contributed by atoms with Gasteiger partial charge in [-0.25, -0.2) is 0 Å². The van der Waals surface area contributed by atoms with Gasteiger partial charge in [0, 0.05) is 17.2 Å². The molecule has 0 saturated heterocycles. The summed E-state index contributed by atoms with van der Waals surface area (Å²) in [4.78, 5) is 10.3. The van der Waals surface area contributed by atoms with Crippen molar-refractivity contribution in [1.82, 2.24) is 0 Å². The molecule has 0 saturated carbocycles. The number of nitrogens with zero attached hydrogens (tertiary/aromatic N) is 2. The van der Waals surface area contributed by atoms with Gasteiger partial charge in [-0.15, -0.1) is 0 Å². The monoisotopic (exact) mass is 454 g/mol. The second-order valence-electron chi connectivity index (χ2n) is 6.42. The maximum atomic E-state index is 10.8. The Morgan fingerprint density at radius 1 is 1.13 bits per heavy atom. The largest absolute Gasteiger partial charge is 0.493 e.